The van der Waals surface area contributed by atoms with Gasteiger partial charge in [0.1, 0.15) is 5.82 Å². The summed E-state index contributed by atoms with van der Waals surface area (Å²) in [6.45, 7) is 0.777. The third kappa shape index (κ3) is 3.78. The summed E-state index contributed by atoms with van der Waals surface area (Å²) in [6.07, 6.45) is 1.44. The van der Waals surface area contributed by atoms with E-state index >= 15 is 0 Å². The molecule has 0 bridgehead atoms. The fraction of sp³-hybridized carbons (Fsp3) is 0.467. The maximum atomic E-state index is 12.9. The van der Waals surface area contributed by atoms with Gasteiger partial charge in [-0.2, -0.15) is 0 Å². The van der Waals surface area contributed by atoms with Crippen LogP contribution in [0.3, 0.4) is 0 Å². The number of benzene rings is 1. The molecule has 1 fully saturated rings. The van der Waals surface area contributed by atoms with Gasteiger partial charge in [-0.05, 0) is 30.5 Å². The third-order valence-electron chi connectivity index (χ3n) is 3.62. The molecular formula is C15H19FN2O3. The minimum atomic E-state index is -0.597. The van der Waals surface area contributed by atoms with Crippen molar-refractivity contribution in [2.24, 2.45) is 0 Å². The van der Waals surface area contributed by atoms with Gasteiger partial charge in [-0.15, -0.1) is 0 Å². The molecule has 114 valence electrons. The Morgan fingerprint density at radius 2 is 1.90 bits per heavy atom. The highest BCUT2D eigenvalue weighted by atomic mass is 19.1. The monoisotopic (exact) mass is 294 g/mol. The number of nitrogens with one attached hydrogen (secondary N) is 2. The van der Waals surface area contributed by atoms with Crippen LogP contribution < -0.4 is 10.6 Å². The van der Waals surface area contributed by atoms with E-state index in [1.54, 1.807) is 19.2 Å². The molecule has 0 aromatic heterocycles. The van der Waals surface area contributed by atoms with E-state index in [9.17, 15) is 14.0 Å². The van der Waals surface area contributed by atoms with E-state index < -0.39 is 5.41 Å². The Morgan fingerprint density at radius 3 is 2.48 bits per heavy atom. The third-order valence-corrected chi connectivity index (χ3v) is 3.62. The van der Waals surface area contributed by atoms with Crippen molar-refractivity contribution in [2.75, 3.05) is 26.8 Å². The molecule has 21 heavy (non-hydrogen) atoms. The minimum absolute atomic E-state index is 0.0640. The van der Waals surface area contributed by atoms with Gasteiger partial charge in [0, 0.05) is 13.7 Å². The maximum Gasteiger partial charge on any atom is 0.239 e. The SMILES string of the molecule is COCCNC(=O)CNC(=O)C1(c2ccc(F)cc2)CC1. The Bertz CT molecular complexity index is 512. The van der Waals surface area contributed by atoms with Gasteiger partial charge in [-0.3, -0.25) is 9.59 Å². The maximum absolute atomic E-state index is 12.9. The van der Waals surface area contributed by atoms with E-state index in [4.69, 9.17) is 4.74 Å². The molecule has 0 atom stereocenters. The summed E-state index contributed by atoms with van der Waals surface area (Å²) in [5.74, 6) is -0.765. The van der Waals surface area contributed by atoms with Crippen molar-refractivity contribution in [1.29, 1.82) is 0 Å². The summed E-state index contributed by atoms with van der Waals surface area (Å²) in [6, 6.07) is 5.95. The van der Waals surface area contributed by atoms with Gasteiger partial charge in [0.15, 0.2) is 0 Å². The number of ether oxygens (including phenoxy) is 1. The van der Waals surface area contributed by atoms with Crippen LogP contribution in [0.5, 0.6) is 0 Å². The number of methoxy groups -OCH3 is 1. The molecule has 6 heteroatoms. The smallest absolute Gasteiger partial charge is 0.239 e. The topological polar surface area (TPSA) is 67.4 Å². The standard InChI is InChI=1S/C15H19FN2O3/c1-21-9-8-17-13(19)10-18-14(20)15(6-7-15)11-2-4-12(16)5-3-11/h2-5H,6-10H2,1H3,(H,17,19)(H,18,20). The summed E-state index contributed by atoms with van der Waals surface area (Å²) in [5, 5.41) is 5.27. The van der Waals surface area contributed by atoms with E-state index in [0.717, 1.165) is 18.4 Å². The van der Waals surface area contributed by atoms with Crippen molar-refractivity contribution < 1.29 is 18.7 Å². The molecular weight excluding hydrogens is 275 g/mol. The lowest BCUT2D eigenvalue weighted by Gasteiger charge is -2.15. The molecule has 5 nitrogen and oxygen atoms in total. The number of carbonyl (C=O) groups is 2. The van der Waals surface area contributed by atoms with Crippen LogP contribution in [0.4, 0.5) is 4.39 Å². The molecule has 1 aliphatic rings. The van der Waals surface area contributed by atoms with Crippen LogP contribution in [0, 0.1) is 5.82 Å². The van der Waals surface area contributed by atoms with Crippen LogP contribution in [-0.2, 0) is 19.7 Å². The van der Waals surface area contributed by atoms with E-state index in [2.05, 4.69) is 10.6 Å². The Hall–Kier alpha value is -1.95. The fourth-order valence-electron chi connectivity index (χ4n) is 2.23. The summed E-state index contributed by atoms with van der Waals surface area (Å²) in [4.78, 5) is 23.8. The van der Waals surface area contributed by atoms with Crippen LogP contribution in [0.25, 0.3) is 0 Å². The Morgan fingerprint density at radius 1 is 1.24 bits per heavy atom. The second-order valence-corrected chi connectivity index (χ2v) is 5.11. The zero-order valence-electron chi connectivity index (χ0n) is 11.9. The van der Waals surface area contributed by atoms with Gasteiger partial charge >= 0.3 is 0 Å². The molecule has 2 amide bonds. The predicted molar refractivity (Wildman–Crippen MR) is 75.2 cm³/mol. The van der Waals surface area contributed by atoms with Gasteiger partial charge in [0.2, 0.25) is 11.8 Å². The van der Waals surface area contributed by atoms with Crippen molar-refractivity contribution in [3.05, 3.63) is 35.6 Å². The van der Waals surface area contributed by atoms with Gasteiger partial charge in [0.25, 0.3) is 0 Å². The molecule has 0 unspecified atom stereocenters. The molecule has 2 rings (SSSR count). The van der Waals surface area contributed by atoms with Crippen molar-refractivity contribution in [3.63, 3.8) is 0 Å². The second kappa shape index (κ2) is 6.67. The Labute approximate surface area is 122 Å². The number of carbonyl (C=O) groups excluding carboxylic acids is 2. The van der Waals surface area contributed by atoms with Crippen LogP contribution in [0.1, 0.15) is 18.4 Å². The molecule has 1 aromatic carbocycles. The molecule has 2 N–H and O–H groups in total. The first kappa shape index (κ1) is 15.4. The normalized spacial score (nSPS) is 15.3. The fourth-order valence-corrected chi connectivity index (χ4v) is 2.23. The molecule has 0 aliphatic heterocycles. The molecule has 1 saturated carbocycles. The lowest BCUT2D eigenvalue weighted by molar-refractivity contribution is -0.127. The number of rotatable bonds is 7. The number of amides is 2. The van der Waals surface area contributed by atoms with Crippen molar-refractivity contribution >= 4 is 11.8 Å². The zero-order valence-corrected chi connectivity index (χ0v) is 11.9. The highest BCUT2D eigenvalue weighted by Gasteiger charge is 2.51. The molecule has 0 radical (unpaired) electrons. The van der Waals surface area contributed by atoms with Crippen LogP contribution in [0.15, 0.2) is 24.3 Å². The van der Waals surface area contributed by atoms with E-state index in [0.29, 0.717) is 13.2 Å². The Balaban J connectivity index is 1.85. The molecule has 1 aromatic rings. The lowest BCUT2D eigenvalue weighted by Crippen LogP contribution is -2.42. The van der Waals surface area contributed by atoms with Gasteiger partial charge in [0.05, 0.1) is 18.6 Å². The molecule has 0 spiro atoms. The van der Waals surface area contributed by atoms with E-state index in [-0.39, 0.29) is 24.2 Å². The summed E-state index contributed by atoms with van der Waals surface area (Å²) in [7, 11) is 1.55. The van der Waals surface area contributed by atoms with Crippen LogP contribution in [-0.4, -0.2) is 38.6 Å². The minimum Gasteiger partial charge on any atom is -0.383 e. The van der Waals surface area contributed by atoms with Crippen molar-refractivity contribution in [3.8, 4) is 0 Å². The molecule has 1 aliphatic carbocycles. The van der Waals surface area contributed by atoms with Crippen LogP contribution in [0.2, 0.25) is 0 Å². The van der Waals surface area contributed by atoms with Crippen molar-refractivity contribution in [2.45, 2.75) is 18.3 Å². The first-order chi connectivity index (χ1) is 10.1. The zero-order chi connectivity index (χ0) is 15.3. The first-order valence-corrected chi connectivity index (χ1v) is 6.88. The number of hydrogen-bond acceptors (Lipinski definition) is 3. The highest BCUT2D eigenvalue weighted by molar-refractivity contribution is 5.93. The largest absolute Gasteiger partial charge is 0.383 e. The Kier molecular flexibility index (Phi) is 4.90. The molecule has 0 heterocycles. The quantitative estimate of drug-likeness (QED) is 0.729. The predicted octanol–water partition coefficient (Wildman–Crippen LogP) is 0.736. The van der Waals surface area contributed by atoms with Crippen LogP contribution >= 0.6 is 0 Å². The first-order valence-electron chi connectivity index (χ1n) is 6.88. The van der Waals surface area contributed by atoms with E-state index in [1.807, 2.05) is 0 Å². The average Bonchev–Trinajstić information content (AvgIpc) is 3.27. The lowest BCUT2D eigenvalue weighted by atomic mass is 9.95. The number of hydrogen-bond donors (Lipinski definition) is 2. The molecule has 0 saturated heterocycles. The summed E-state index contributed by atoms with van der Waals surface area (Å²) in [5.41, 5.74) is 0.196. The van der Waals surface area contributed by atoms with Crippen molar-refractivity contribution in [1.82, 2.24) is 10.6 Å². The highest BCUT2D eigenvalue weighted by Crippen LogP contribution is 2.48. The van der Waals surface area contributed by atoms with Gasteiger partial charge in [-0.1, -0.05) is 12.1 Å². The summed E-state index contributed by atoms with van der Waals surface area (Å²) >= 11 is 0. The van der Waals surface area contributed by atoms with Gasteiger partial charge in [-0.25, -0.2) is 4.39 Å². The summed E-state index contributed by atoms with van der Waals surface area (Å²) < 4.78 is 17.8. The van der Waals surface area contributed by atoms with E-state index in [1.165, 1.54) is 12.1 Å². The average molecular weight is 294 g/mol. The van der Waals surface area contributed by atoms with Gasteiger partial charge < -0.3 is 15.4 Å². The second-order valence-electron chi connectivity index (χ2n) is 5.11. The number of halogens is 1.